The third kappa shape index (κ3) is 4.55. The van der Waals surface area contributed by atoms with E-state index in [2.05, 4.69) is 28.2 Å². The first-order chi connectivity index (χ1) is 10.1. The van der Waals surface area contributed by atoms with Gasteiger partial charge in [0.25, 0.3) is 5.91 Å². The van der Waals surface area contributed by atoms with Gasteiger partial charge in [-0.05, 0) is 62.9 Å². The average molecular weight is 353 g/mol. The lowest BCUT2D eigenvalue weighted by Crippen LogP contribution is -2.41. The average Bonchev–Trinajstić information content (AvgIpc) is 2.50. The van der Waals surface area contributed by atoms with Gasteiger partial charge in [-0.25, -0.2) is 0 Å². The van der Waals surface area contributed by atoms with Crippen molar-refractivity contribution in [2.24, 2.45) is 5.92 Å². The number of benzene rings is 1. The highest BCUT2D eigenvalue weighted by molar-refractivity contribution is 9.10. The van der Waals surface area contributed by atoms with E-state index in [-0.39, 0.29) is 5.91 Å². The molecule has 1 unspecified atom stereocenters. The zero-order chi connectivity index (χ0) is 15.2. The topological polar surface area (TPSA) is 32.3 Å². The Kier molecular flexibility index (Phi) is 6.24. The molecule has 0 aliphatic carbocycles. The molecular weight excluding hydrogens is 328 g/mol. The maximum atomic E-state index is 12.8. The molecule has 1 atom stereocenters. The molecule has 21 heavy (non-hydrogen) atoms. The Morgan fingerprint density at radius 2 is 2.29 bits per heavy atom. The maximum absolute atomic E-state index is 12.8. The molecule has 0 spiro atoms. The Bertz CT molecular complexity index is 484. The second-order valence-electron chi connectivity index (χ2n) is 5.93. The molecule has 1 amide bonds. The normalized spacial score (nSPS) is 18.5. The van der Waals surface area contributed by atoms with Crippen molar-refractivity contribution >= 4 is 21.8 Å². The van der Waals surface area contributed by atoms with Crippen molar-refractivity contribution in [1.29, 1.82) is 0 Å². The van der Waals surface area contributed by atoms with Crippen LogP contribution in [0.15, 0.2) is 22.7 Å². The second-order valence-corrected chi connectivity index (χ2v) is 6.78. The molecule has 1 heterocycles. The minimum absolute atomic E-state index is 0.156. The molecule has 0 radical (unpaired) electrons. The number of carbonyl (C=O) groups excluding carboxylic acids is 1. The number of hydrogen-bond acceptors (Lipinski definition) is 2. The van der Waals surface area contributed by atoms with Gasteiger partial charge in [0.15, 0.2) is 0 Å². The van der Waals surface area contributed by atoms with Crippen LogP contribution in [0.5, 0.6) is 0 Å². The van der Waals surface area contributed by atoms with Crippen LogP contribution in [0, 0.1) is 12.8 Å². The van der Waals surface area contributed by atoms with Gasteiger partial charge in [-0.2, -0.15) is 0 Å². The fourth-order valence-electron chi connectivity index (χ4n) is 2.85. The van der Waals surface area contributed by atoms with E-state index in [1.807, 2.05) is 30.0 Å². The SMILES string of the molecule is CCCN(CC1CCCNC1)C(=O)c1ccc(C)c(Br)c1. The van der Waals surface area contributed by atoms with E-state index >= 15 is 0 Å². The molecule has 1 N–H and O–H groups in total. The summed E-state index contributed by atoms with van der Waals surface area (Å²) < 4.78 is 1.00. The first kappa shape index (κ1) is 16.5. The van der Waals surface area contributed by atoms with E-state index in [1.165, 1.54) is 12.8 Å². The number of hydrogen-bond donors (Lipinski definition) is 1. The predicted octanol–water partition coefficient (Wildman–Crippen LogP) is 3.61. The molecule has 3 nitrogen and oxygen atoms in total. The Morgan fingerprint density at radius 1 is 1.48 bits per heavy atom. The molecule has 0 bridgehead atoms. The minimum Gasteiger partial charge on any atom is -0.338 e. The maximum Gasteiger partial charge on any atom is 0.253 e. The largest absolute Gasteiger partial charge is 0.338 e. The van der Waals surface area contributed by atoms with E-state index in [1.54, 1.807) is 0 Å². The van der Waals surface area contributed by atoms with Gasteiger partial charge in [0.2, 0.25) is 0 Å². The summed E-state index contributed by atoms with van der Waals surface area (Å²) in [6.45, 7) is 8.01. The Balaban J connectivity index is 2.08. The standard InChI is InChI=1S/C17H25BrN2O/c1-3-9-20(12-14-5-4-8-19-11-14)17(21)15-7-6-13(2)16(18)10-15/h6-7,10,14,19H,3-5,8-9,11-12H2,1-2H3. The van der Waals surface area contributed by atoms with Crippen LogP contribution in [0.4, 0.5) is 0 Å². The van der Waals surface area contributed by atoms with Crippen molar-refractivity contribution in [3.63, 3.8) is 0 Å². The second kappa shape index (κ2) is 7.95. The van der Waals surface area contributed by atoms with Crippen molar-refractivity contribution < 1.29 is 4.79 Å². The van der Waals surface area contributed by atoms with Crippen molar-refractivity contribution in [1.82, 2.24) is 10.2 Å². The number of aryl methyl sites for hydroxylation is 1. The lowest BCUT2D eigenvalue weighted by molar-refractivity contribution is 0.0718. The van der Waals surface area contributed by atoms with Gasteiger partial charge < -0.3 is 10.2 Å². The number of halogens is 1. The fourth-order valence-corrected chi connectivity index (χ4v) is 3.22. The van der Waals surface area contributed by atoms with Crippen LogP contribution >= 0.6 is 15.9 Å². The van der Waals surface area contributed by atoms with E-state index < -0.39 is 0 Å². The van der Waals surface area contributed by atoms with Crippen LogP contribution in [0.1, 0.15) is 42.1 Å². The monoisotopic (exact) mass is 352 g/mol. The van der Waals surface area contributed by atoms with Gasteiger partial charge in [0.1, 0.15) is 0 Å². The van der Waals surface area contributed by atoms with Crippen molar-refractivity contribution in [3.8, 4) is 0 Å². The van der Waals surface area contributed by atoms with E-state index in [0.29, 0.717) is 5.92 Å². The number of nitrogens with one attached hydrogen (secondary N) is 1. The summed E-state index contributed by atoms with van der Waals surface area (Å²) in [5, 5.41) is 3.43. The Hall–Kier alpha value is -0.870. The molecule has 1 fully saturated rings. The number of piperidine rings is 1. The zero-order valence-corrected chi connectivity index (χ0v) is 14.6. The zero-order valence-electron chi connectivity index (χ0n) is 13.0. The molecule has 2 rings (SSSR count). The highest BCUT2D eigenvalue weighted by Crippen LogP contribution is 2.20. The summed E-state index contributed by atoms with van der Waals surface area (Å²) in [5.74, 6) is 0.742. The van der Waals surface area contributed by atoms with Gasteiger partial charge >= 0.3 is 0 Å². The molecule has 1 aliphatic rings. The van der Waals surface area contributed by atoms with Gasteiger partial charge in [-0.15, -0.1) is 0 Å². The minimum atomic E-state index is 0.156. The molecule has 1 aromatic carbocycles. The smallest absolute Gasteiger partial charge is 0.253 e. The molecule has 116 valence electrons. The summed E-state index contributed by atoms with van der Waals surface area (Å²) in [6, 6.07) is 5.88. The van der Waals surface area contributed by atoms with Crippen LogP contribution in [0.2, 0.25) is 0 Å². The number of amides is 1. The summed E-state index contributed by atoms with van der Waals surface area (Å²) >= 11 is 3.52. The highest BCUT2D eigenvalue weighted by Gasteiger charge is 2.21. The summed E-state index contributed by atoms with van der Waals surface area (Å²) in [6.07, 6.45) is 3.44. The number of carbonyl (C=O) groups is 1. The molecule has 4 heteroatoms. The van der Waals surface area contributed by atoms with Crippen molar-refractivity contribution in [2.75, 3.05) is 26.2 Å². The van der Waals surface area contributed by atoms with E-state index in [0.717, 1.165) is 48.2 Å². The van der Waals surface area contributed by atoms with Gasteiger partial charge in [0, 0.05) is 23.1 Å². The van der Waals surface area contributed by atoms with Crippen molar-refractivity contribution in [3.05, 3.63) is 33.8 Å². The molecule has 1 saturated heterocycles. The first-order valence-electron chi connectivity index (χ1n) is 7.88. The van der Waals surface area contributed by atoms with Crippen LogP contribution in [-0.2, 0) is 0 Å². The summed E-state index contributed by atoms with van der Waals surface area (Å²) in [4.78, 5) is 14.8. The molecule has 0 saturated carbocycles. The van der Waals surface area contributed by atoms with Gasteiger partial charge in [-0.3, -0.25) is 4.79 Å². The third-order valence-corrected chi connectivity index (χ3v) is 4.93. The molecule has 1 aliphatic heterocycles. The lowest BCUT2D eigenvalue weighted by Gasteiger charge is -2.30. The summed E-state index contributed by atoms with van der Waals surface area (Å²) in [7, 11) is 0. The number of rotatable bonds is 5. The van der Waals surface area contributed by atoms with E-state index in [4.69, 9.17) is 0 Å². The molecular formula is C17H25BrN2O. The predicted molar refractivity (Wildman–Crippen MR) is 90.7 cm³/mol. The van der Waals surface area contributed by atoms with Crippen LogP contribution in [-0.4, -0.2) is 37.0 Å². The quantitative estimate of drug-likeness (QED) is 0.877. The third-order valence-electron chi connectivity index (χ3n) is 4.08. The summed E-state index contributed by atoms with van der Waals surface area (Å²) in [5.41, 5.74) is 1.94. The van der Waals surface area contributed by atoms with Crippen LogP contribution in [0.3, 0.4) is 0 Å². The molecule has 0 aromatic heterocycles. The molecule has 1 aromatic rings. The first-order valence-corrected chi connectivity index (χ1v) is 8.67. The highest BCUT2D eigenvalue weighted by atomic mass is 79.9. The van der Waals surface area contributed by atoms with Gasteiger partial charge in [-0.1, -0.05) is 28.9 Å². The number of nitrogens with zero attached hydrogens (tertiary/aromatic N) is 1. The van der Waals surface area contributed by atoms with Gasteiger partial charge in [0.05, 0.1) is 0 Å². The van der Waals surface area contributed by atoms with Crippen molar-refractivity contribution in [2.45, 2.75) is 33.1 Å². The van der Waals surface area contributed by atoms with E-state index in [9.17, 15) is 4.79 Å². The van der Waals surface area contributed by atoms with Crippen LogP contribution < -0.4 is 5.32 Å². The lowest BCUT2D eigenvalue weighted by atomic mass is 9.98. The Morgan fingerprint density at radius 3 is 2.90 bits per heavy atom. The fraction of sp³-hybridized carbons (Fsp3) is 0.588. The Labute approximate surface area is 136 Å². The van der Waals surface area contributed by atoms with Crippen LogP contribution in [0.25, 0.3) is 0 Å².